The lowest BCUT2D eigenvalue weighted by molar-refractivity contribution is 0.0178. The van der Waals surface area contributed by atoms with Crippen molar-refractivity contribution in [2.75, 3.05) is 20.3 Å². The number of phenolic OH excluding ortho intramolecular Hbond substituents is 1. The molecule has 0 aromatic heterocycles. The van der Waals surface area contributed by atoms with Gasteiger partial charge < -0.3 is 29.7 Å². The van der Waals surface area contributed by atoms with Gasteiger partial charge in [0.15, 0.2) is 0 Å². The molecule has 0 spiro atoms. The van der Waals surface area contributed by atoms with E-state index in [1.165, 1.54) is 25.3 Å². The Morgan fingerprint density at radius 2 is 1.87 bits per heavy atom. The predicted octanol–water partition coefficient (Wildman–Crippen LogP) is -0.564. The van der Waals surface area contributed by atoms with Crippen LogP contribution < -0.4 is 5.32 Å². The minimum atomic E-state index is -0.700. The minimum Gasteiger partial charge on any atom is -0.508 e. The number of hydrogen-bond acceptors (Lipinski definition) is 7. The molecule has 2 saturated heterocycles. The first-order valence-electron chi connectivity index (χ1n) is 7.14. The Hall–Kier alpha value is -2.16. The molecule has 1 aromatic carbocycles. The van der Waals surface area contributed by atoms with Crippen LogP contribution in [0.2, 0.25) is 0 Å². The Bertz CT molecular complexity index is 632. The molecule has 0 saturated carbocycles. The molecule has 8 heteroatoms. The van der Waals surface area contributed by atoms with Gasteiger partial charge >= 0.3 is 5.97 Å². The number of esters is 1. The number of aliphatic hydroxyl groups excluding tert-OH is 1. The zero-order valence-corrected chi connectivity index (χ0v) is 12.4. The molecular formula is C15H17NO7. The zero-order chi connectivity index (χ0) is 16.6. The largest absolute Gasteiger partial charge is 0.508 e. The molecule has 0 bridgehead atoms. The molecular weight excluding hydrogens is 306 g/mol. The number of benzene rings is 1. The van der Waals surface area contributed by atoms with Crippen molar-refractivity contribution in [1.82, 2.24) is 5.32 Å². The normalized spacial score (nSPS) is 29.1. The number of amides is 1. The second-order valence-electron chi connectivity index (χ2n) is 5.50. The maximum atomic E-state index is 12.3. The standard InChI is InChI=1S/C15H17NO7/c1-21-15(20)8-2-7(3-9(17)4-8)14(19)16-10-5-22-13-11(18)6-23-12(10)13/h2-4,10-13,17-18H,5-6H2,1H3,(H,16,19)/t10-,11+,12+,13+/m0/s1. The van der Waals surface area contributed by atoms with E-state index in [1.807, 2.05) is 0 Å². The summed E-state index contributed by atoms with van der Waals surface area (Å²) in [5.74, 6) is -1.35. The summed E-state index contributed by atoms with van der Waals surface area (Å²) >= 11 is 0. The van der Waals surface area contributed by atoms with Gasteiger partial charge in [-0.1, -0.05) is 0 Å². The first-order chi connectivity index (χ1) is 11.0. The van der Waals surface area contributed by atoms with E-state index in [0.29, 0.717) is 0 Å². The van der Waals surface area contributed by atoms with E-state index in [9.17, 15) is 19.8 Å². The van der Waals surface area contributed by atoms with Crippen LogP contribution in [0.5, 0.6) is 5.75 Å². The fourth-order valence-electron chi connectivity index (χ4n) is 2.83. The van der Waals surface area contributed by atoms with Crippen LogP contribution >= 0.6 is 0 Å². The van der Waals surface area contributed by atoms with Gasteiger partial charge in [0.1, 0.15) is 24.1 Å². The smallest absolute Gasteiger partial charge is 0.338 e. The maximum Gasteiger partial charge on any atom is 0.338 e. The Morgan fingerprint density at radius 1 is 1.17 bits per heavy atom. The fraction of sp³-hybridized carbons (Fsp3) is 0.467. The van der Waals surface area contributed by atoms with E-state index in [-0.39, 0.29) is 30.1 Å². The quantitative estimate of drug-likeness (QED) is 0.639. The molecule has 124 valence electrons. The summed E-state index contributed by atoms with van der Waals surface area (Å²) in [6.07, 6.45) is -1.56. The number of aromatic hydroxyl groups is 1. The number of phenols is 1. The van der Waals surface area contributed by atoms with Crippen molar-refractivity contribution in [2.24, 2.45) is 0 Å². The molecule has 2 aliphatic rings. The number of hydrogen-bond donors (Lipinski definition) is 3. The average Bonchev–Trinajstić information content (AvgIpc) is 3.10. The second kappa shape index (κ2) is 6.15. The van der Waals surface area contributed by atoms with Crippen molar-refractivity contribution in [3.63, 3.8) is 0 Å². The van der Waals surface area contributed by atoms with Crippen LogP contribution in [0.1, 0.15) is 20.7 Å². The number of fused-ring (bicyclic) bond motifs is 1. The third kappa shape index (κ3) is 3.00. The molecule has 0 aliphatic carbocycles. The lowest BCUT2D eigenvalue weighted by Crippen LogP contribution is -2.44. The first-order valence-corrected chi connectivity index (χ1v) is 7.14. The highest BCUT2D eigenvalue weighted by atomic mass is 16.6. The summed E-state index contributed by atoms with van der Waals surface area (Å²) in [7, 11) is 1.21. The van der Waals surface area contributed by atoms with Gasteiger partial charge in [0.05, 0.1) is 31.9 Å². The van der Waals surface area contributed by atoms with E-state index in [0.717, 1.165) is 0 Å². The molecule has 1 aromatic rings. The monoisotopic (exact) mass is 323 g/mol. The van der Waals surface area contributed by atoms with E-state index >= 15 is 0 Å². The van der Waals surface area contributed by atoms with Crippen LogP contribution in [0.15, 0.2) is 18.2 Å². The van der Waals surface area contributed by atoms with Crippen LogP contribution in [0.4, 0.5) is 0 Å². The number of methoxy groups -OCH3 is 1. The van der Waals surface area contributed by atoms with Crippen molar-refractivity contribution in [3.05, 3.63) is 29.3 Å². The Labute approximate surface area is 132 Å². The maximum absolute atomic E-state index is 12.3. The van der Waals surface area contributed by atoms with Crippen LogP contribution in [-0.4, -0.2) is 66.8 Å². The Balaban J connectivity index is 1.74. The number of aliphatic hydroxyl groups is 1. The Kier molecular flexibility index (Phi) is 4.20. The second-order valence-corrected chi connectivity index (χ2v) is 5.50. The highest BCUT2D eigenvalue weighted by Gasteiger charge is 2.47. The Morgan fingerprint density at radius 3 is 2.61 bits per heavy atom. The lowest BCUT2D eigenvalue weighted by atomic mass is 10.1. The highest BCUT2D eigenvalue weighted by Crippen LogP contribution is 2.27. The van der Waals surface area contributed by atoms with Crippen molar-refractivity contribution in [1.29, 1.82) is 0 Å². The molecule has 23 heavy (non-hydrogen) atoms. The van der Waals surface area contributed by atoms with Crippen molar-refractivity contribution in [2.45, 2.75) is 24.4 Å². The van der Waals surface area contributed by atoms with E-state index in [2.05, 4.69) is 10.1 Å². The number of nitrogens with one attached hydrogen (secondary N) is 1. The lowest BCUT2D eigenvalue weighted by Gasteiger charge is -2.17. The number of rotatable bonds is 3. The molecule has 0 unspecified atom stereocenters. The summed E-state index contributed by atoms with van der Waals surface area (Å²) in [5.41, 5.74) is 0.193. The van der Waals surface area contributed by atoms with Gasteiger partial charge in [0, 0.05) is 5.56 Å². The van der Waals surface area contributed by atoms with Gasteiger partial charge in [-0.25, -0.2) is 4.79 Å². The third-order valence-corrected chi connectivity index (χ3v) is 3.94. The highest BCUT2D eigenvalue weighted by molar-refractivity contribution is 5.98. The van der Waals surface area contributed by atoms with Gasteiger partial charge in [0.25, 0.3) is 5.91 Å². The van der Waals surface area contributed by atoms with Crippen molar-refractivity contribution >= 4 is 11.9 Å². The van der Waals surface area contributed by atoms with Crippen LogP contribution in [0.25, 0.3) is 0 Å². The molecule has 2 aliphatic heterocycles. The number of carbonyl (C=O) groups is 2. The SMILES string of the molecule is COC(=O)c1cc(O)cc(C(=O)N[C@H]2CO[C@H]3[C@@H]2OC[C@H]3O)c1. The van der Waals surface area contributed by atoms with E-state index in [1.54, 1.807) is 0 Å². The zero-order valence-electron chi connectivity index (χ0n) is 12.4. The van der Waals surface area contributed by atoms with E-state index < -0.39 is 36.2 Å². The molecule has 4 atom stereocenters. The molecule has 2 heterocycles. The van der Waals surface area contributed by atoms with Gasteiger partial charge in [0.2, 0.25) is 0 Å². The number of carbonyl (C=O) groups excluding carboxylic acids is 2. The summed E-state index contributed by atoms with van der Waals surface area (Å²) in [6.45, 7) is 0.390. The van der Waals surface area contributed by atoms with Gasteiger partial charge in [-0.2, -0.15) is 0 Å². The van der Waals surface area contributed by atoms with Crippen molar-refractivity contribution < 1.29 is 34.0 Å². The summed E-state index contributed by atoms with van der Waals surface area (Å²) in [6, 6.07) is 3.39. The molecule has 3 rings (SSSR count). The molecule has 8 nitrogen and oxygen atoms in total. The molecule has 1 amide bonds. The first kappa shape index (κ1) is 15.7. The summed E-state index contributed by atoms with van der Waals surface area (Å²) in [4.78, 5) is 23.9. The molecule has 0 radical (unpaired) electrons. The predicted molar refractivity (Wildman–Crippen MR) is 76.2 cm³/mol. The van der Waals surface area contributed by atoms with Crippen LogP contribution in [0, 0.1) is 0 Å². The third-order valence-electron chi connectivity index (χ3n) is 3.94. The van der Waals surface area contributed by atoms with Gasteiger partial charge in [-0.05, 0) is 18.2 Å². The fourth-order valence-corrected chi connectivity index (χ4v) is 2.83. The molecule has 2 fully saturated rings. The number of ether oxygens (including phenoxy) is 3. The van der Waals surface area contributed by atoms with Crippen molar-refractivity contribution in [3.8, 4) is 5.75 Å². The molecule has 3 N–H and O–H groups in total. The average molecular weight is 323 g/mol. The van der Waals surface area contributed by atoms with Gasteiger partial charge in [-0.15, -0.1) is 0 Å². The topological polar surface area (TPSA) is 114 Å². The summed E-state index contributed by atoms with van der Waals surface area (Å²) < 4.78 is 15.4. The van der Waals surface area contributed by atoms with Crippen LogP contribution in [0.3, 0.4) is 0 Å². The summed E-state index contributed by atoms with van der Waals surface area (Å²) in [5, 5.41) is 22.1. The van der Waals surface area contributed by atoms with Crippen LogP contribution in [-0.2, 0) is 14.2 Å². The minimum absolute atomic E-state index is 0.0748. The van der Waals surface area contributed by atoms with E-state index in [4.69, 9.17) is 9.47 Å². The van der Waals surface area contributed by atoms with Gasteiger partial charge in [-0.3, -0.25) is 4.79 Å².